The molecule has 2 aromatic rings. The number of amides is 1. The number of benzene rings is 1. The minimum atomic E-state index is -1.13. The van der Waals surface area contributed by atoms with Crippen molar-refractivity contribution in [3.05, 3.63) is 35.1 Å². The molecule has 30 heavy (non-hydrogen) atoms. The molecule has 2 heterocycles. The summed E-state index contributed by atoms with van der Waals surface area (Å²) in [5, 5.41) is 21.3. The summed E-state index contributed by atoms with van der Waals surface area (Å²) in [6.07, 6.45) is 8.94. The van der Waals surface area contributed by atoms with Gasteiger partial charge in [0.25, 0.3) is 0 Å². The molecule has 4 N–H and O–H groups in total. The molecule has 1 amide bonds. The van der Waals surface area contributed by atoms with E-state index < -0.39 is 17.6 Å². The Bertz CT molecular complexity index is 1000. The number of aromatic nitrogens is 1. The molecule has 0 radical (unpaired) electrons. The van der Waals surface area contributed by atoms with Gasteiger partial charge in [0, 0.05) is 42.4 Å². The molecular formula is C22H28N4O3S. The van der Waals surface area contributed by atoms with Gasteiger partial charge in [-0.1, -0.05) is 0 Å². The third-order valence-corrected chi connectivity index (χ3v) is 7.23. The summed E-state index contributed by atoms with van der Waals surface area (Å²) >= 11 is 1.66. The highest BCUT2D eigenvalue weighted by molar-refractivity contribution is 7.18. The lowest BCUT2D eigenvalue weighted by Gasteiger charge is -2.32. The molecule has 1 atom stereocenters. The fourth-order valence-electron chi connectivity index (χ4n) is 4.30. The van der Waals surface area contributed by atoms with Crippen LogP contribution in [0, 0.1) is 5.92 Å². The maximum atomic E-state index is 12.0. The zero-order chi connectivity index (χ0) is 21.5. The van der Waals surface area contributed by atoms with Gasteiger partial charge >= 0.3 is 0 Å². The first kappa shape index (κ1) is 21.0. The standard InChI is InChI=1S/C22H28N4O3S/c1-22(2,29)15-9-16-19(10-17(15)26-8-7-24-11-18(26)20(23)28)30-21(25-16)14-5-3-13(12-27)4-6-14/h7-11,13-14,18,27,29H,3-6,12H2,1-2H3,(H2,23,28). The van der Waals surface area contributed by atoms with Crippen LogP contribution in [0.4, 0.5) is 5.69 Å². The van der Waals surface area contributed by atoms with E-state index in [9.17, 15) is 15.0 Å². The number of hydrogen-bond acceptors (Lipinski definition) is 7. The second-order valence-corrected chi connectivity index (χ2v) is 9.76. The van der Waals surface area contributed by atoms with Crippen LogP contribution in [0.3, 0.4) is 0 Å². The molecule has 1 unspecified atom stereocenters. The van der Waals surface area contributed by atoms with Crippen molar-refractivity contribution in [1.29, 1.82) is 0 Å². The minimum Gasteiger partial charge on any atom is -0.396 e. The van der Waals surface area contributed by atoms with Crippen LogP contribution >= 0.6 is 11.3 Å². The molecule has 160 valence electrons. The maximum absolute atomic E-state index is 12.0. The molecule has 2 aliphatic rings. The zero-order valence-electron chi connectivity index (χ0n) is 17.3. The van der Waals surface area contributed by atoms with E-state index in [1.165, 1.54) is 6.21 Å². The van der Waals surface area contributed by atoms with E-state index in [2.05, 4.69) is 4.99 Å². The van der Waals surface area contributed by atoms with Gasteiger partial charge in [0.05, 0.1) is 20.8 Å². The number of rotatable bonds is 5. The number of primary amides is 1. The second kappa shape index (κ2) is 8.09. The van der Waals surface area contributed by atoms with E-state index in [0.29, 0.717) is 17.4 Å². The van der Waals surface area contributed by atoms with Gasteiger partial charge in [0.15, 0.2) is 0 Å². The zero-order valence-corrected chi connectivity index (χ0v) is 18.1. The van der Waals surface area contributed by atoms with Gasteiger partial charge in [0.2, 0.25) is 5.91 Å². The lowest BCUT2D eigenvalue weighted by molar-refractivity contribution is -0.117. The van der Waals surface area contributed by atoms with Crippen LogP contribution in [0.25, 0.3) is 10.2 Å². The Labute approximate surface area is 179 Å². The van der Waals surface area contributed by atoms with Crippen LogP contribution in [0.2, 0.25) is 0 Å². The highest BCUT2D eigenvalue weighted by Crippen LogP contribution is 2.42. The summed E-state index contributed by atoms with van der Waals surface area (Å²) in [5.74, 6) is 0.303. The first-order valence-electron chi connectivity index (χ1n) is 10.3. The molecule has 1 aromatic carbocycles. The Kier molecular flexibility index (Phi) is 5.65. The largest absolute Gasteiger partial charge is 0.396 e. The molecule has 1 saturated carbocycles. The summed E-state index contributed by atoms with van der Waals surface area (Å²) < 4.78 is 1.01. The number of nitrogens with zero attached hydrogens (tertiary/aromatic N) is 3. The topological polar surface area (TPSA) is 112 Å². The van der Waals surface area contributed by atoms with E-state index in [4.69, 9.17) is 10.7 Å². The molecular weight excluding hydrogens is 400 g/mol. The number of aliphatic imine (C=N–C) groups is 1. The molecule has 1 aromatic heterocycles. The van der Waals surface area contributed by atoms with Gasteiger partial charge in [-0.3, -0.25) is 9.79 Å². The molecule has 0 spiro atoms. The van der Waals surface area contributed by atoms with E-state index in [0.717, 1.165) is 46.6 Å². The van der Waals surface area contributed by atoms with Crippen LogP contribution in [0.1, 0.15) is 56.0 Å². The predicted molar refractivity (Wildman–Crippen MR) is 120 cm³/mol. The molecule has 1 fully saturated rings. The van der Waals surface area contributed by atoms with Crippen LogP contribution in [-0.4, -0.2) is 40.0 Å². The van der Waals surface area contributed by atoms with E-state index in [-0.39, 0.29) is 6.61 Å². The number of anilines is 1. The number of carbonyl (C=O) groups is 1. The Morgan fingerprint density at radius 1 is 1.30 bits per heavy atom. The number of aliphatic hydroxyl groups excluding tert-OH is 1. The molecule has 0 saturated heterocycles. The summed E-state index contributed by atoms with van der Waals surface area (Å²) in [7, 11) is 0. The minimum absolute atomic E-state index is 0.262. The molecule has 1 aliphatic carbocycles. The SMILES string of the molecule is CC(C)(O)c1cc2nc(C3CCC(CO)CC3)sc2cc1N1C=CN=CC1C(N)=O. The van der Waals surface area contributed by atoms with Crippen molar-refractivity contribution in [2.45, 2.75) is 57.1 Å². The normalized spacial score (nSPS) is 24.5. The van der Waals surface area contributed by atoms with Crippen LogP contribution < -0.4 is 10.6 Å². The highest BCUT2D eigenvalue weighted by atomic mass is 32.1. The number of nitrogens with two attached hydrogens (primary N) is 1. The number of aliphatic hydroxyl groups is 2. The second-order valence-electron chi connectivity index (χ2n) is 8.70. The predicted octanol–water partition coefficient (Wildman–Crippen LogP) is 3.01. The van der Waals surface area contributed by atoms with Crippen molar-refractivity contribution in [2.24, 2.45) is 16.6 Å². The Hall–Kier alpha value is -2.29. The van der Waals surface area contributed by atoms with Crippen LogP contribution in [0.15, 0.2) is 29.5 Å². The van der Waals surface area contributed by atoms with Gasteiger partial charge < -0.3 is 20.8 Å². The Morgan fingerprint density at radius 2 is 2.03 bits per heavy atom. The lowest BCUT2D eigenvalue weighted by Crippen LogP contribution is -2.45. The molecule has 7 nitrogen and oxygen atoms in total. The van der Waals surface area contributed by atoms with Gasteiger partial charge in [-0.25, -0.2) is 4.98 Å². The first-order valence-corrected chi connectivity index (χ1v) is 11.2. The number of thiazole rings is 1. The monoisotopic (exact) mass is 428 g/mol. The van der Waals surface area contributed by atoms with E-state index in [1.54, 1.807) is 42.5 Å². The Morgan fingerprint density at radius 3 is 2.67 bits per heavy atom. The fraction of sp³-hybridized carbons (Fsp3) is 0.500. The van der Waals surface area contributed by atoms with Gasteiger partial charge in [0.1, 0.15) is 6.04 Å². The van der Waals surface area contributed by atoms with Gasteiger partial charge in [-0.2, -0.15) is 0 Å². The fourth-order valence-corrected chi connectivity index (χ4v) is 5.45. The molecule has 0 bridgehead atoms. The smallest absolute Gasteiger partial charge is 0.246 e. The molecule has 4 rings (SSSR count). The highest BCUT2D eigenvalue weighted by Gasteiger charge is 2.31. The number of carbonyl (C=O) groups excluding carboxylic acids is 1. The van der Waals surface area contributed by atoms with Crippen molar-refractivity contribution >= 4 is 39.4 Å². The molecule has 8 heteroatoms. The van der Waals surface area contributed by atoms with Crippen molar-refractivity contribution in [3.8, 4) is 0 Å². The van der Waals surface area contributed by atoms with Crippen molar-refractivity contribution in [2.75, 3.05) is 11.5 Å². The van der Waals surface area contributed by atoms with Crippen LogP contribution in [-0.2, 0) is 10.4 Å². The third-order valence-electron chi connectivity index (χ3n) is 6.05. The van der Waals surface area contributed by atoms with Crippen molar-refractivity contribution in [1.82, 2.24) is 4.98 Å². The summed E-state index contributed by atoms with van der Waals surface area (Å²) in [5.41, 5.74) is 6.72. The molecule has 1 aliphatic heterocycles. The summed E-state index contributed by atoms with van der Waals surface area (Å²) in [4.78, 5) is 22.7. The Balaban J connectivity index is 1.75. The maximum Gasteiger partial charge on any atom is 0.246 e. The van der Waals surface area contributed by atoms with Crippen molar-refractivity contribution in [3.63, 3.8) is 0 Å². The average Bonchev–Trinajstić information content (AvgIpc) is 3.15. The third kappa shape index (κ3) is 3.99. The van der Waals surface area contributed by atoms with Gasteiger partial charge in [-0.05, 0) is 57.6 Å². The lowest BCUT2D eigenvalue weighted by atomic mass is 9.83. The first-order chi connectivity index (χ1) is 14.3. The quantitative estimate of drug-likeness (QED) is 0.678. The van der Waals surface area contributed by atoms with E-state index >= 15 is 0 Å². The van der Waals surface area contributed by atoms with E-state index in [1.807, 2.05) is 12.1 Å². The number of hydrogen-bond donors (Lipinski definition) is 3. The van der Waals surface area contributed by atoms with Crippen molar-refractivity contribution < 1.29 is 15.0 Å². The summed E-state index contributed by atoms with van der Waals surface area (Å²) in [6, 6.07) is 3.19. The average molecular weight is 429 g/mol. The van der Waals surface area contributed by atoms with Crippen LogP contribution in [0.5, 0.6) is 0 Å². The summed E-state index contributed by atoms with van der Waals surface area (Å²) in [6.45, 7) is 3.71. The van der Waals surface area contributed by atoms with Gasteiger partial charge in [-0.15, -0.1) is 11.3 Å². The number of fused-ring (bicyclic) bond motifs is 1.